The van der Waals surface area contributed by atoms with E-state index in [-0.39, 0.29) is 12.0 Å². The largest absolute Gasteiger partial charge is 0.491 e. The lowest BCUT2D eigenvalue weighted by Gasteiger charge is -2.13. The number of rotatable bonds is 9. The fourth-order valence-electron chi connectivity index (χ4n) is 3.00. The first-order valence-electron chi connectivity index (χ1n) is 9.75. The minimum atomic E-state index is -0.197. The van der Waals surface area contributed by atoms with Crippen molar-refractivity contribution in [3.8, 4) is 17.2 Å². The molecule has 6 heteroatoms. The van der Waals surface area contributed by atoms with Gasteiger partial charge in [-0.05, 0) is 63.1 Å². The summed E-state index contributed by atoms with van der Waals surface area (Å²) in [6.07, 6.45) is 2.29. The molecule has 2 aromatic rings. The van der Waals surface area contributed by atoms with Crippen LogP contribution >= 0.6 is 0 Å². The highest BCUT2D eigenvalue weighted by Crippen LogP contribution is 2.31. The van der Waals surface area contributed by atoms with Crippen LogP contribution in [0.3, 0.4) is 0 Å². The molecule has 0 aliphatic carbocycles. The average Bonchev–Trinajstić information content (AvgIpc) is 3.23. The molecule has 1 atom stereocenters. The van der Waals surface area contributed by atoms with Gasteiger partial charge >= 0.3 is 0 Å². The van der Waals surface area contributed by atoms with Crippen molar-refractivity contribution in [3.05, 3.63) is 48.0 Å². The molecule has 150 valence electrons. The van der Waals surface area contributed by atoms with E-state index in [1.54, 1.807) is 42.5 Å². The van der Waals surface area contributed by atoms with Gasteiger partial charge in [-0.15, -0.1) is 0 Å². The molecule has 28 heavy (non-hydrogen) atoms. The van der Waals surface area contributed by atoms with Crippen molar-refractivity contribution in [2.45, 2.75) is 32.8 Å². The number of benzene rings is 2. The molecule has 0 spiro atoms. The molecule has 0 saturated carbocycles. The lowest BCUT2D eigenvalue weighted by molar-refractivity contribution is 0.0679. The lowest BCUT2D eigenvalue weighted by atomic mass is 10.2. The minimum absolute atomic E-state index is 0.169. The summed E-state index contributed by atoms with van der Waals surface area (Å²) in [6.45, 7) is 6.24. The summed E-state index contributed by atoms with van der Waals surface area (Å²) in [4.78, 5) is 12.5. The maximum Gasteiger partial charge on any atom is 0.255 e. The van der Waals surface area contributed by atoms with Crippen LogP contribution in [0.25, 0.3) is 0 Å². The topological polar surface area (TPSA) is 66.0 Å². The van der Waals surface area contributed by atoms with Crippen molar-refractivity contribution in [3.63, 3.8) is 0 Å². The van der Waals surface area contributed by atoms with Crippen LogP contribution in [0.1, 0.15) is 37.0 Å². The van der Waals surface area contributed by atoms with Crippen molar-refractivity contribution in [2.75, 3.05) is 31.7 Å². The van der Waals surface area contributed by atoms with Gasteiger partial charge in [0.05, 0.1) is 19.3 Å². The molecule has 1 aliphatic rings. The minimum Gasteiger partial charge on any atom is -0.491 e. The number of amides is 1. The number of carbonyl (C=O) groups excluding carboxylic acids is 1. The highest BCUT2D eigenvalue weighted by atomic mass is 16.5. The van der Waals surface area contributed by atoms with Gasteiger partial charge in [-0.2, -0.15) is 0 Å². The Morgan fingerprint density at radius 2 is 1.79 bits per heavy atom. The van der Waals surface area contributed by atoms with Crippen LogP contribution in [0, 0.1) is 0 Å². The molecule has 1 amide bonds. The zero-order valence-electron chi connectivity index (χ0n) is 16.4. The summed E-state index contributed by atoms with van der Waals surface area (Å²) < 4.78 is 22.4. The Morgan fingerprint density at radius 3 is 2.46 bits per heavy atom. The van der Waals surface area contributed by atoms with Gasteiger partial charge in [-0.1, -0.05) is 0 Å². The Morgan fingerprint density at radius 1 is 1.04 bits per heavy atom. The van der Waals surface area contributed by atoms with E-state index in [1.165, 1.54) is 0 Å². The van der Waals surface area contributed by atoms with Crippen LogP contribution in [0.2, 0.25) is 0 Å². The van der Waals surface area contributed by atoms with Gasteiger partial charge in [0.2, 0.25) is 0 Å². The lowest BCUT2D eigenvalue weighted by Crippen LogP contribution is -2.16. The standard InChI is InChI=1S/C22H27NO5/c1-3-25-20-12-9-17(14-21(20)26-4-2)23-22(24)16-7-10-18(11-8-16)28-15-19-6-5-13-27-19/h7-12,14,19H,3-6,13,15H2,1-2H3,(H,23,24). The molecular weight excluding hydrogens is 358 g/mol. The first-order chi connectivity index (χ1) is 13.7. The molecule has 1 fully saturated rings. The van der Waals surface area contributed by atoms with Crippen molar-refractivity contribution in [1.29, 1.82) is 0 Å². The Hall–Kier alpha value is -2.73. The molecule has 1 saturated heterocycles. The third-order valence-electron chi connectivity index (χ3n) is 4.38. The highest BCUT2D eigenvalue weighted by Gasteiger charge is 2.16. The fourth-order valence-corrected chi connectivity index (χ4v) is 3.00. The Balaban J connectivity index is 1.59. The van der Waals surface area contributed by atoms with E-state index in [2.05, 4.69) is 5.32 Å². The van der Waals surface area contributed by atoms with Crippen LogP contribution in [0.5, 0.6) is 17.2 Å². The summed E-state index contributed by atoms with van der Waals surface area (Å²) in [5.41, 5.74) is 1.20. The molecule has 0 bridgehead atoms. The average molecular weight is 385 g/mol. The fraction of sp³-hybridized carbons (Fsp3) is 0.409. The number of anilines is 1. The Bertz CT molecular complexity index is 769. The van der Waals surface area contributed by atoms with E-state index < -0.39 is 0 Å². The first-order valence-corrected chi connectivity index (χ1v) is 9.75. The van der Waals surface area contributed by atoms with Gasteiger partial charge in [0.25, 0.3) is 5.91 Å². The van der Waals surface area contributed by atoms with E-state index in [9.17, 15) is 4.79 Å². The second-order valence-corrected chi connectivity index (χ2v) is 6.45. The summed E-state index contributed by atoms with van der Waals surface area (Å²) in [6, 6.07) is 12.5. The number of hydrogen-bond acceptors (Lipinski definition) is 5. The van der Waals surface area contributed by atoms with Crippen molar-refractivity contribution >= 4 is 11.6 Å². The molecule has 0 radical (unpaired) electrons. The molecule has 3 rings (SSSR count). The number of hydrogen-bond donors (Lipinski definition) is 1. The Labute approximate surface area is 165 Å². The predicted molar refractivity (Wildman–Crippen MR) is 108 cm³/mol. The molecule has 1 heterocycles. The van der Waals surface area contributed by atoms with Crippen molar-refractivity contribution < 1.29 is 23.7 Å². The first kappa shape index (κ1) is 20.0. The summed E-state index contributed by atoms with van der Waals surface area (Å²) >= 11 is 0. The van der Waals surface area contributed by atoms with Crippen LogP contribution < -0.4 is 19.5 Å². The van der Waals surface area contributed by atoms with Crippen molar-refractivity contribution in [2.24, 2.45) is 0 Å². The van der Waals surface area contributed by atoms with E-state index in [1.807, 2.05) is 13.8 Å². The van der Waals surface area contributed by atoms with Gasteiger partial charge in [0, 0.05) is 23.9 Å². The molecule has 1 N–H and O–H groups in total. The monoisotopic (exact) mass is 385 g/mol. The van der Waals surface area contributed by atoms with Crippen LogP contribution in [0.15, 0.2) is 42.5 Å². The molecule has 1 unspecified atom stereocenters. The zero-order chi connectivity index (χ0) is 19.8. The van der Waals surface area contributed by atoms with Gasteiger partial charge in [-0.3, -0.25) is 4.79 Å². The zero-order valence-corrected chi connectivity index (χ0v) is 16.4. The number of ether oxygens (including phenoxy) is 4. The van der Waals surface area contributed by atoms with Gasteiger partial charge in [0.15, 0.2) is 11.5 Å². The molecule has 6 nitrogen and oxygen atoms in total. The Kier molecular flexibility index (Phi) is 7.14. The second kappa shape index (κ2) is 9.99. The van der Waals surface area contributed by atoms with Crippen LogP contribution in [-0.4, -0.2) is 38.4 Å². The van der Waals surface area contributed by atoms with Gasteiger partial charge in [-0.25, -0.2) is 0 Å². The van der Waals surface area contributed by atoms with Crippen LogP contribution in [0.4, 0.5) is 5.69 Å². The smallest absolute Gasteiger partial charge is 0.255 e. The third-order valence-corrected chi connectivity index (χ3v) is 4.38. The maximum absolute atomic E-state index is 12.5. The maximum atomic E-state index is 12.5. The van der Waals surface area contributed by atoms with Gasteiger partial charge < -0.3 is 24.3 Å². The molecular formula is C22H27NO5. The van der Waals surface area contributed by atoms with E-state index in [4.69, 9.17) is 18.9 Å². The normalized spacial score (nSPS) is 15.9. The molecule has 2 aromatic carbocycles. The third kappa shape index (κ3) is 5.39. The number of nitrogens with one attached hydrogen (secondary N) is 1. The molecule has 1 aliphatic heterocycles. The summed E-state index contributed by atoms with van der Waals surface area (Å²) in [5.74, 6) is 1.80. The second-order valence-electron chi connectivity index (χ2n) is 6.45. The van der Waals surface area contributed by atoms with Crippen molar-refractivity contribution in [1.82, 2.24) is 0 Å². The predicted octanol–water partition coefficient (Wildman–Crippen LogP) is 4.29. The van der Waals surface area contributed by atoms with E-state index >= 15 is 0 Å². The summed E-state index contributed by atoms with van der Waals surface area (Å²) in [7, 11) is 0. The molecule has 0 aromatic heterocycles. The number of carbonyl (C=O) groups is 1. The quantitative estimate of drug-likeness (QED) is 0.697. The van der Waals surface area contributed by atoms with Gasteiger partial charge in [0.1, 0.15) is 12.4 Å². The summed E-state index contributed by atoms with van der Waals surface area (Å²) in [5, 5.41) is 2.89. The van der Waals surface area contributed by atoms with E-state index in [0.717, 1.165) is 25.2 Å². The van der Waals surface area contributed by atoms with Crippen LogP contribution in [-0.2, 0) is 4.74 Å². The highest BCUT2D eigenvalue weighted by molar-refractivity contribution is 6.04. The van der Waals surface area contributed by atoms with E-state index in [0.29, 0.717) is 42.6 Å². The SMILES string of the molecule is CCOc1ccc(NC(=O)c2ccc(OCC3CCCO3)cc2)cc1OCC.